The minimum Gasteiger partial charge on any atom is -0.493 e. The number of ether oxygens (including phenoxy) is 2. The van der Waals surface area contributed by atoms with Gasteiger partial charge in [-0.25, -0.2) is 0 Å². The smallest absolute Gasteiger partial charge is 0.420 e. The summed E-state index contributed by atoms with van der Waals surface area (Å²) in [6.07, 6.45) is -4.52. The molecule has 0 saturated heterocycles. The fraction of sp³-hybridized carbons (Fsp3) is 0.400. The maximum atomic E-state index is 12.7. The van der Waals surface area contributed by atoms with Crippen LogP contribution in [0.3, 0.4) is 0 Å². The monoisotopic (exact) mass is 235 g/mol. The lowest BCUT2D eigenvalue weighted by Gasteiger charge is -2.16. The first kappa shape index (κ1) is 12.5. The summed E-state index contributed by atoms with van der Waals surface area (Å²) < 4.78 is 47.8. The number of methoxy groups -OCH3 is 1. The molecule has 0 fully saturated rings. The number of alkyl halides is 3. The Kier molecular flexibility index (Phi) is 3.51. The van der Waals surface area contributed by atoms with E-state index >= 15 is 0 Å². The second-order valence-electron chi connectivity index (χ2n) is 3.03. The van der Waals surface area contributed by atoms with E-state index in [1.165, 1.54) is 13.2 Å². The van der Waals surface area contributed by atoms with Gasteiger partial charge in [-0.2, -0.15) is 13.2 Å². The van der Waals surface area contributed by atoms with E-state index in [-0.39, 0.29) is 23.8 Å². The highest BCUT2D eigenvalue weighted by molar-refractivity contribution is 5.58. The van der Waals surface area contributed by atoms with Gasteiger partial charge < -0.3 is 15.2 Å². The summed E-state index contributed by atoms with van der Waals surface area (Å²) >= 11 is 0. The summed E-state index contributed by atoms with van der Waals surface area (Å²) in [4.78, 5) is 0. The number of nitrogen functional groups attached to an aromatic ring is 1. The Morgan fingerprint density at radius 3 is 2.38 bits per heavy atom. The molecule has 0 saturated carbocycles. The number of benzene rings is 1. The summed E-state index contributed by atoms with van der Waals surface area (Å²) in [6.45, 7) is 1.71. The second-order valence-corrected chi connectivity index (χ2v) is 3.03. The van der Waals surface area contributed by atoms with Crippen LogP contribution in [0.5, 0.6) is 11.5 Å². The van der Waals surface area contributed by atoms with Crippen LogP contribution in [-0.4, -0.2) is 13.7 Å². The molecule has 0 amide bonds. The molecule has 0 aliphatic rings. The standard InChI is InChI=1S/C10H12F3NO2/c1-3-16-9-7(10(11,12)13)4-6(14)5-8(9)15-2/h4-5H,3,14H2,1-2H3. The molecule has 0 atom stereocenters. The second kappa shape index (κ2) is 4.51. The Bertz CT molecular complexity index is 377. The normalized spacial score (nSPS) is 11.3. The van der Waals surface area contributed by atoms with Crippen molar-refractivity contribution in [2.75, 3.05) is 19.5 Å². The van der Waals surface area contributed by atoms with Crippen LogP contribution < -0.4 is 15.2 Å². The molecular formula is C10H12F3NO2. The largest absolute Gasteiger partial charge is 0.493 e. The predicted molar refractivity (Wildman–Crippen MR) is 53.6 cm³/mol. The van der Waals surface area contributed by atoms with Gasteiger partial charge in [0, 0.05) is 11.8 Å². The van der Waals surface area contributed by atoms with Crippen molar-refractivity contribution in [3.8, 4) is 11.5 Å². The van der Waals surface area contributed by atoms with Crippen LogP contribution in [-0.2, 0) is 6.18 Å². The Balaban J connectivity index is 3.38. The fourth-order valence-electron chi connectivity index (χ4n) is 1.28. The summed E-state index contributed by atoms with van der Waals surface area (Å²) in [7, 11) is 1.26. The number of hydrogen-bond acceptors (Lipinski definition) is 3. The van der Waals surface area contributed by atoms with Gasteiger partial charge in [-0.15, -0.1) is 0 Å². The third-order valence-electron chi connectivity index (χ3n) is 1.89. The first-order chi connectivity index (χ1) is 7.40. The number of anilines is 1. The van der Waals surface area contributed by atoms with Crippen LogP contribution in [0.15, 0.2) is 12.1 Å². The highest BCUT2D eigenvalue weighted by Crippen LogP contribution is 2.43. The molecule has 2 N–H and O–H groups in total. The Labute approximate surface area is 91.0 Å². The van der Waals surface area contributed by atoms with Gasteiger partial charge >= 0.3 is 6.18 Å². The first-order valence-corrected chi connectivity index (χ1v) is 4.57. The van der Waals surface area contributed by atoms with E-state index in [2.05, 4.69) is 0 Å². The molecule has 0 aliphatic carbocycles. The molecule has 0 heterocycles. The molecule has 0 unspecified atom stereocenters. The van der Waals surface area contributed by atoms with E-state index < -0.39 is 11.7 Å². The summed E-state index contributed by atoms with van der Waals surface area (Å²) in [6, 6.07) is 2.12. The fourth-order valence-corrected chi connectivity index (χ4v) is 1.28. The van der Waals surface area contributed by atoms with Crippen molar-refractivity contribution in [3.63, 3.8) is 0 Å². The van der Waals surface area contributed by atoms with E-state index in [4.69, 9.17) is 15.2 Å². The molecule has 16 heavy (non-hydrogen) atoms. The van der Waals surface area contributed by atoms with Crippen molar-refractivity contribution in [3.05, 3.63) is 17.7 Å². The minimum atomic E-state index is -4.52. The lowest BCUT2D eigenvalue weighted by Crippen LogP contribution is -2.10. The van der Waals surface area contributed by atoms with Crippen molar-refractivity contribution in [2.45, 2.75) is 13.1 Å². The highest BCUT2D eigenvalue weighted by atomic mass is 19.4. The Hall–Kier alpha value is -1.59. The molecule has 1 aromatic carbocycles. The van der Waals surface area contributed by atoms with Gasteiger partial charge in [-0.1, -0.05) is 0 Å². The van der Waals surface area contributed by atoms with E-state index in [1.54, 1.807) is 6.92 Å². The van der Waals surface area contributed by atoms with Crippen LogP contribution in [0.4, 0.5) is 18.9 Å². The van der Waals surface area contributed by atoms with E-state index in [9.17, 15) is 13.2 Å². The molecule has 6 heteroatoms. The third kappa shape index (κ3) is 2.50. The van der Waals surface area contributed by atoms with E-state index in [1.807, 2.05) is 0 Å². The maximum absolute atomic E-state index is 12.7. The topological polar surface area (TPSA) is 44.5 Å². The SMILES string of the molecule is CCOc1c(OC)cc(N)cc1C(F)(F)F. The average molecular weight is 235 g/mol. The van der Waals surface area contributed by atoms with E-state index in [0.29, 0.717) is 0 Å². The van der Waals surface area contributed by atoms with Gasteiger partial charge in [0.05, 0.1) is 13.7 Å². The molecule has 0 spiro atoms. The van der Waals surface area contributed by atoms with Crippen molar-refractivity contribution >= 4 is 5.69 Å². The summed E-state index contributed by atoms with van der Waals surface area (Å²) in [5.74, 6) is -0.346. The molecule has 0 radical (unpaired) electrons. The lowest BCUT2D eigenvalue weighted by atomic mass is 10.1. The van der Waals surface area contributed by atoms with Crippen molar-refractivity contribution < 1.29 is 22.6 Å². The molecular weight excluding hydrogens is 223 g/mol. The molecule has 0 bridgehead atoms. The van der Waals surface area contributed by atoms with Crippen LogP contribution in [0.25, 0.3) is 0 Å². The quantitative estimate of drug-likeness (QED) is 0.819. The van der Waals surface area contributed by atoms with Gasteiger partial charge in [-0.3, -0.25) is 0 Å². The van der Waals surface area contributed by atoms with Gasteiger partial charge in [-0.05, 0) is 13.0 Å². The molecule has 0 aliphatic heterocycles. The summed E-state index contributed by atoms with van der Waals surface area (Å²) in [5, 5.41) is 0. The average Bonchev–Trinajstić information content (AvgIpc) is 2.18. The predicted octanol–water partition coefficient (Wildman–Crippen LogP) is 2.69. The van der Waals surface area contributed by atoms with Crippen LogP contribution >= 0.6 is 0 Å². The van der Waals surface area contributed by atoms with Gasteiger partial charge in [0.15, 0.2) is 11.5 Å². The van der Waals surface area contributed by atoms with E-state index in [0.717, 1.165) is 6.07 Å². The molecule has 1 aromatic rings. The van der Waals surface area contributed by atoms with Crippen LogP contribution in [0.1, 0.15) is 12.5 Å². The van der Waals surface area contributed by atoms with Crippen molar-refractivity contribution in [1.29, 1.82) is 0 Å². The summed E-state index contributed by atoms with van der Waals surface area (Å²) in [5.41, 5.74) is 4.42. The zero-order chi connectivity index (χ0) is 12.3. The van der Waals surface area contributed by atoms with Gasteiger partial charge in [0.25, 0.3) is 0 Å². The maximum Gasteiger partial charge on any atom is 0.420 e. The third-order valence-corrected chi connectivity index (χ3v) is 1.89. The number of hydrogen-bond donors (Lipinski definition) is 1. The zero-order valence-corrected chi connectivity index (χ0v) is 8.89. The van der Waals surface area contributed by atoms with Crippen molar-refractivity contribution in [2.24, 2.45) is 0 Å². The van der Waals surface area contributed by atoms with Crippen LogP contribution in [0.2, 0.25) is 0 Å². The van der Waals surface area contributed by atoms with Gasteiger partial charge in [0.2, 0.25) is 0 Å². The Morgan fingerprint density at radius 2 is 1.94 bits per heavy atom. The number of nitrogens with two attached hydrogens (primary N) is 1. The zero-order valence-electron chi connectivity index (χ0n) is 8.89. The first-order valence-electron chi connectivity index (χ1n) is 4.57. The van der Waals surface area contributed by atoms with Crippen LogP contribution in [0, 0.1) is 0 Å². The van der Waals surface area contributed by atoms with Gasteiger partial charge in [0.1, 0.15) is 5.56 Å². The minimum absolute atomic E-state index is 0.0193. The highest BCUT2D eigenvalue weighted by Gasteiger charge is 2.36. The lowest BCUT2D eigenvalue weighted by molar-refractivity contribution is -0.139. The Morgan fingerprint density at radius 1 is 1.31 bits per heavy atom. The molecule has 3 nitrogen and oxygen atoms in total. The molecule has 0 aromatic heterocycles. The number of halogens is 3. The number of rotatable bonds is 3. The molecule has 90 valence electrons. The van der Waals surface area contributed by atoms with Crippen molar-refractivity contribution in [1.82, 2.24) is 0 Å². The molecule has 1 rings (SSSR count).